The van der Waals surface area contributed by atoms with E-state index in [9.17, 15) is 4.79 Å². The molecule has 0 saturated carbocycles. The summed E-state index contributed by atoms with van der Waals surface area (Å²) in [5, 5.41) is 2.85. The molecule has 4 nitrogen and oxygen atoms in total. The van der Waals surface area contributed by atoms with E-state index in [2.05, 4.69) is 5.32 Å². The van der Waals surface area contributed by atoms with E-state index in [0.29, 0.717) is 18.0 Å². The summed E-state index contributed by atoms with van der Waals surface area (Å²) in [7, 11) is 1.65. The van der Waals surface area contributed by atoms with Crippen molar-refractivity contribution < 1.29 is 9.53 Å². The first-order valence-electron chi connectivity index (χ1n) is 5.36. The predicted octanol–water partition coefficient (Wildman–Crippen LogP) is 1.90. The number of thioether (sulfide) groups is 1. The van der Waals surface area contributed by atoms with Crippen molar-refractivity contribution in [1.82, 2.24) is 0 Å². The molecule has 0 unspecified atom stereocenters. The monoisotopic (exact) mass is 254 g/mol. The Labute approximate surface area is 106 Å². The lowest BCUT2D eigenvalue weighted by Crippen LogP contribution is -2.15. The molecule has 0 fully saturated rings. The normalized spacial score (nSPS) is 10.2. The van der Waals surface area contributed by atoms with Crippen molar-refractivity contribution in [2.75, 3.05) is 36.3 Å². The Bertz CT molecular complexity index is 383. The van der Waals surface area contributed by atoms with Crippen molar-refractivity contribution in [3.05, 3.63) is 23.8 Å². The Morgan fingerprint density at radius 3 is 3.00 bits per heavy atom. The van der Waals surface area contributed by atoms with Gasteiger partial charge in [-0.3, -0.25) is 4.79 Å². The predicted molar refractivity (Wildman–Crippen MR) is 73.4 cm³/mol. The van der Waals surface area contributed by atoms with Gasteiger partial charge < -0.3 is 15.8 Å². The van der Waals surface area contributed by atoms with Crippen molar-refractivity contribution >= 4 is 29.0 Å². The van der Waals surface area contributed by atoms with Crippen LogP contribution in [0.4, 0.5) is 11.4 Å². The minimum Gasteiger partial charge on any atom is -0.398 e. The number of methoxy groups -OCH3 is 1. The molecule has 1 rings (SSSR count). The van der Waals surface area contributed by atoms with Gasteiger partial charge in [0.25, 0.3) is 0 Å². The molecule has 0 aromatic heterocycles. The van der Waals surface area contributed by atoms with Gasteiger partial charge in [-0.15, -0.1) is 11.8 Å². The number of ether oxygens (including phenoxy) is 1. The minimum absolute atomic E-state index is 0.0141. The molecule has 1 aromatic rings. The second-order valence-electron chi connectivity index (χ2n) is 3.61. The summed E-state index contributed by atoms with van der Waals surface area (Å²) in [6.45, 7) is 2.55. The van der Waals surface area contributed by atoms with Gasteiger partial charge in [-0.05, 0) is 24.6 Å². The Morgan fingerprint density at radius 1 is 1.53 bits per heavy atom. The van der Waals surface area contributed by atoms with Gasteiger partial charge in [0.05, 0.1) is 12.4 Å². The van der Waals surface area contributed by atoms with Gasteiger partial charge in [0.1, 0.15) is 0 Å². The average Bonchev–Trinajstić information content (AvgIpc) is 2.31. The molecule has 0 bridgehead atoms. The van der Waals surface area contributed by atoms with E-state index in [4.69, 9.17) is 10.5 Å². The van der Waals surface area contributed by atoms with Crippen molar-refractivity contribution in [2.45, 2.75) is 6.92 Å². The van der Waals surface area contributed by atoms with E-state index < -0.39 is 0 Å². The highest BCUT2D eigenvalue weighted by Gasteiger charge is 2.06. The Balaban J connectivity index is 2.43. The van der Waals surface area contributed by atoms with Crippen LogP contribution in [0.25, 0.3) is 0 Å². The smallest absolute Gasteiger partial charge is 0.234 e. The van der Waals surface area contributed by atoms with E-state index in [1.165, 1.54) is 0 Å². The molecule has 0 aliphatic rings. The van der Waals surface area contributed by atoms with Gasteiger partial charge in [-0.2, -0.15) is 0 Å². The van der Waals surface area contributed by atoms with E-state index in [1.54, 1.807) is 18.9 Å². The van der Waals surface area contributed by atoms with Crippen molar-refractivity contribution in [3.8, 4) is 0 Å². The highest BCUT2D eigenvalue weighted by molar-refractivity contribution is 7.99. The third kappa shape index (κ3) is 4.66. The summed E-state index contributed by atoms with van der Waals surface area (Å²) in [5.74, 6) is 1.23. The number of rotatable bonds is 6. The van der Waals surface area contributed by atoms with Crippen LogP contribution in [0, 0.1) is 6.92 Å². The van der Waals surface area contributed by atoms with Gasteiger partial charge in [0.15, 0.2) is 0 Å². The Morgan fingerprint density at radius 2 is 2.29 bits per heavy atom. The number of carbonyl (C=O) groups is 1. The second-order valence-corrected chi connectivity index (χ2v) is 4.72. The molecule has 3 N–H and O–H groups in total. The summed E-state index contributed by atoms with van der Waals surface area (Å²) in [6.07, 6.45) is 0. The Hall–Kier alpha value is -1.20. The first kappa shape index (κ1) is 13.9. The van der Waals surface area contributed by atoms with Crippen LogP contribution in [0.1, 0.15) is 5.56 Å². The Kier molecular flexibility index (Phi) is 5.86. The molecule has 1 aromatic carbocycles. The molecule has 5 heteroatoms. The molecular weight excluding hydrogens is 236 g/mol. The third-order valence-corrected chi connectivity index (χ3v) is 3.24. The average molecular weight is 254 g/mol. The van der Waals surface area contributed by atoms with Crippen LogP contribution in [0.15, 0.2) is 18.2 Å². The van der Waals surface area contributed by atoms with Crippen molar-refractivity contribution in [2.24, 2.45) is 0 Å². The molecule has 94 valence electrons. The number of hydrogen-bond donors (Lipinski definition) is 2. The standard InChI is InChI=1S/C12H18N2O2S/c1-9-10(13)4-3-5-11(9)14-12(15)8-17-7-6-16-2/h3-5H,6-8,13H2,1-2H3,(H,14,15). The van der Waals surface area contributed by atoms with E-state index in [1.807, 2.05) is 25.1 Å². The van der Waals surface area contributed by atoms with Crippen LogP contribution in [0.3, 0.4) is 0 Å². The maximum Gasteiger partial charge on any atom is 0.234 e. The van der Waals surface area contributed by atoms with E-state index >= 15 is 0 Å². The van der Waals surface area contributed by atoms with E-state index in [0.717, 1.165) is 17.0 Å². The first-order valence-corrected chi connectivity index (χ1v) is 6.52. The van der Waals surface area contributed by atoms with Crippen LogP contribution in [-0.4, -0.2) is 31.1 Å². The second kappa shape index (κ2) is 7.19. The lowest BCUT2D eigenvalue weighted by molar-refractivity contribution is -0.113. The van der Waals surface area contributed by atoms with Crippen LogP contribution in [0.2, 0.25) is 0 Å². The third-order valence-electron chi connectivity index (χ3n) is 2.31. The summed E-state index contributed by atoms with van der Waals surface area (Å²) in [4.78, 5) is 11.6. The lowest BCUT2D eigenvalue weighted by atomic mass is 10.1. The van der Waals surface area contributed by atoms with Gasteiger partial charge in [-0.1, -0.05) is 6.07 Å². The maximum atomic E-state index is 11.6. The van der Waals surface area contributed by atoms with Crippen molar-refractivity contribution in [3.63, 3.8) is 0 Å². The molecule has 0 radical (unpaired) electrons. The quantitative estimate of drug-likeness (QED) is 0.601. The summed E-state index contributed by atoms with van der Waals surface area (Å²) >= 11 is 1.55. The number of carbonyl (C=O) groups excluding carboxylic acids is 1. The number of hydrogen-bond acceptors (Lipinski definition) is 4. The summed E-state index contributed by atoms with van der Waals surface area (Å²) in [6, 6.07) is 5.50. The molecule has 0 aliphatic heterocycles. The summed E-state index contributed by atoms with van der Waals surface area (Å²) < 4.78 is 4.91. The largest absolute Gasteiger partial charge is 0.398 e. The van der Waals surface area contributed by atoms with Gasteiger partial charge in [0.2, 0.25) is 5.91 Å². The summed E-state index contributed by atoms with van der Waals surface area (Å²) in [5.41, 5.74) is 8.14. The fraction of sp³-hybridized carbons (Fsp3) is 0.417. The van der Waals surface area contributed by atoms with Gasteiger partial charge in [0, 0.05) is 24.2 Å². The van der Waals surface area contributed by atoms with Gasteiger partial charge >= 0.3 is 0 Å². The number of amides is 1. The number of benzene rings is 1. The van der Waals surface area contributed by atoms with Crippen molar-refractivity contribution in [1.29, 1.82) is 0 Å². The highest BCUT2D eigenvalue weighted by atomic mass is 32.2. The zero-order chi connectivity index (χ0) is 12.7. The van der Waals surface area contributed by atoms with Crippen LogP contribution >= 0.6 is 11.8 Å². The zero-order valence-electron chi connectivity index (χ0n) is 10.2. The van der Waals surface area contributed by atoms with Crippen LogP contribution in [0.5, 0.6) is 0 Å². The molecule has 0 aliphatic carbocycles. The molecule has 1 amide bonds. The fourth-order valence-electron chi connectivity index (χ4n) is 1.28. The van der Waals surface area contributed by atoms with Crippen LogP contribution in [-0.2, 0) is 9.53 Å². The molecule has 0 saturated heterocycles. The maximum absolute atomic E-state index is 11.6. The highest BCUT2D eigenvalue weighted by Crippen LogP contribution is 2.20. The fourth-order valence-corrected chi connectivity index (χ4v) is 1.97. The van der Waals surface area contributed by atoms with Gasteiger partial charge in [-0.25, -0.2) is 0 Å². The zero-order valence-corrected chi connectivity index (χ0v) is 11.0. The first-order chi connectivity index (χ1) is 8.15. The number of nitrogens with one attached hydrogen (secondary N) is 1. The number of anilines is 2. The molecule has 17 heavy (non-hydrogen) atoms. The molecule has 0 heterocycles. The molecule has 0 atom stereocenters. The number of nitrogens with two attached hydrogens (primary N) is 1. The number of nitrogen functional groups attached to an aromatic ring is 1. The molecule has 0 spiro atoms. The minimum atomic E-state index is -0.0141. The topological polar surface area (TPSA) is 64.3 Å². The lowest BCUT2D eigenvalue weighted by Gasteiger charge is -2.09. The SMILES string of the molecule is COCCSCC(=O)Nc1cccc(N)c1C. The molecular formula is C12H18N2O2S. The van der Waals surface area contributed by atoms with E-state index in [-0.39, 0.29) is 5.91 Å². The van der Waals surface area contributed by atoms with Crippen LogP contribution < -0.4 is 11.1 Å².